The molecule has 3 aliphatic rings. The number of amides is 1. The Morgan fingerprint density at radius 2 is 2.04 bits per heavy atom. The second kappa shape index (κ2) is 6.73. The molecular formula is C23H25N3O2. The average molecular weight is 375 g/mol. The minimum Gasteiger partial charge on any atom is -0.338 e. The SMILES string of the molecule is O=C(/C=C/c1ccccc1)N1CCCC2(CCc3c2nc(C2CC2)[nH]c3=O)C1. The third-order valence-corrected chi connectivity index (χ3v) is 6.46. The summed E-state index contributed by atoms with van der Waals surface area (Å²) in [5, 5.41) is 0. The zero-order valence-corrected chi connectivity index (χ0v) is 16.0. The minimum absolute atomic E-state index is 0.0381. The molecule has 2 fully saturated rings. The zero-order chi connectivity index (χ0) is 19.1. The summed E-state index contributed by atoms with van der Waals surface area (Å²) in [4.78, 5) is 35.3. The van der Waals surface area contributed by atoms with Gasteiger partial charge in [0.1, 0.15) is 5.82 Å². The van der Waals surface area contributed by atoms with Crippen molar-refractivity contribution in [2.24, 2.45) is 0 Å². The second-order valence-electron chi connectivity index (χ2n) is 8.44. The van der Waals surface area contributed by atoms with Gasteiger partial charge in [0.15, 0.2) is 0 Å². The summed E-state index contributed by atoms with van der Waals surface area (Å²) in [5.74, 6) is 1.33. The zero-order valence-electron chi connectivity index (χ0n) is 16.0. The number of nitrogens with one attached hydrogen (secondary N) is 1. The maximum atomic E-state index is 12.8. The van der Waals surface area contributed by atoms with E-state index in [2.05, 4.69) is 4.98 Å². The standard InChI is InChI=1S/C23H25N3O2/c27-19(10-7-16-5-2-1-3-6-16)26-14-4-12-23(15-26)13-11-18-20(23)24-21(17-8-9-17)25-22(18)28/h1-3,5-7,10,17H,4,8-9,11-15H2,(H,24,25,28)/b10-7+. The van der Waals surface area contributed by atoms with Crippen molar-refractivity contribution in [1.82, 2.24) is 14.9 Å². The number of carbonyl (C=O) groups is 1. The molecule has 5 heteroatoms. The first-order chi connectivity index (χ1) is 13.6. The smallest absolute Gasteiger partial charge is 0.254 e. The summed E-state index contributed by atoms with van der Waals surface area (Å²) in [7, 11) is 0. The van der Waals surface area contributed by atoms with Crippen LogP contribution < -0.4 is 5.56 Å². The molecule has 1 aromatic carbocycles. The molecule has 1 unspecified atom stereocenters. The van der Waals surface area contributed by atoms with Crippen LogP contribution in [0.25, 0.3) is 6.08 Å². The molecule has 1 spiro atoms. The maximum Gasteiger partial charge on any atom is 0.254 e. The van der Waals surface area contributed by atoms with E-state index in [0.717, 1.165) is 67.7 Å². The third-order valence-electron chi connectivity index (χ3n) is 6.46. The van der Waals surface area contributed by atoms with Crippen LogP contribution in [0.4, 0.5) is 0 Å². The first-order valence-electron chi connectivity index (χ1n) is 10.3. The van der Waals surface area contributed by atoms with Crippen molar-refractivity contribution in [2.75, 3.05) is 13.1 Å². The van der Waals surface area contributed by atoms with Gasteiger partial charge in [-0.2, -0.15) is 0 Å². The summed E-state index contributed by atoms with van der Waals surface area (Å²) in [6.07, 6.45) is 9.42. The summed E-state index contributed by atoms with van der Waals surface area (Å²) < 4.78 is 0. The van der Waals surface area contributed by atoms with Crippen LogP contribution in [-0.2, 0) is 16.6 Å². The molecule has 1 atom stereocenters. The number of aromatic nitrogens is 2. The number of likely N-dealkylation sites (tertiary alicyclic amines) is 1. The van der Waals surface area contributed by atoms with Crippen LogP contribution in [-0.4, -0.2) is 33.9 Å². The number of aromatic amines is 1. The number of carbonyl (C=O) groups excluding carboxylic acids is 1. The normalized spacial score (nSPS) is 24.1. The summed E-state index contributed by atoms with van der Waals surface area (Å²) in [5.41, 5.74) is 2.73. The van der Waals surface area contributed by atoms with E-state index < -0.39 is 0 Å². The van der Waals surface area contributed by atoms with Crippen LogP contribution >= 0.6 is 0 Å². The molecular weight excluding hydrogens is 350 g/mol. The third kappa shape index (κ3) is 3.09. The molecule has 144 valence electrons. The fourth-order valence-electron chi connectivity index (χ4n) is 4.77. The number of benzene rings is 1. The molecule has 1 saturated heterocycles. The van der Waals surface area contributed by atoms with E-state index >= 15 is 0 Å². The Bertz CT molecular complexity index is 991. The van der Waals surface area contributed by atoms with Crippen LogP contribution in [0.1, 0.15) is 60.7 Å². The van der Waals surface area contributed by atoms with Crippen molar-refractivity contribution < 1.29 is 4.79 Å². The van der Waals surface area contributed by atoms with Gasteiger partial charge in [-0.05, 0) is 50.2 Å². The van der Waals surface area contributed by atoms with Gasteiger partial charge in [0.05, 0.1) is 5.69 Å². The minimum atomic E-state index is -0.151. The van der Waals surface area contributed by atoms with Gasteiger partial charge in [0, 0.05) is 36.1 Å². The molecule has 5 rings (SSSR count). The molecule has 1 aromatic heterocycles. The lowest BCUT2D eigenvalue weighted by atomic mass is 9.77. The van der Waals surface area contributed by atoms with E-state index in [1.807, 2.05) is 41.3 Å². The Balaban J connectivity index is 1.40. The number of H-pyrrole nitrogens is 1. The highest BCUT2D eigenvalue weighted by molar-refractivity contribution is 5.92. The second-order valence-corrected chi connectivity index (χ2v) is 8.44. The molecule has 5 nitrogen and oxygen atoms in total. The van der Waals surface area contributed by atoms with Crippen molar-refractivity contribution in [1.29, 1.82) is 0 Å². The Labute approximate surface area is 164 Å². The van der Waals surface area contributed by atoms with Crippen molar-refractivity contribution in [2.45, 2.75) is 49.9 Å². The number of hydrogen-bond donors (Lipinski definition) is 1. The van der Waals surface area contributed by atoms with E-state index in [-0.39, 0.29) is 16.9 Å². The molecule has 1 aliphatic heterocycles. The summed E-state index contributed by atoms with van der Waals surface area (Å²) in [6, 6.07) is 9.89. The average Bonchev–Trinajstić information content (AvgIpc) is 3.52. The van der Waals surface area contributed by atoms with Crippen LogP contribution in [0.15, 0.2) is 41.2 Å². The fraction of sp³-hybridized carbons (Fsp3) is 0.435. The maximum absolute atomic E-state index is 12.8. The van der Waals surface area contributed by atoms with Crippen LogP contribution in [0, 0.1) is 0 Å². The van der Waals surface area contributed by atoms with Gasteiger partial charge in [0.2, 0.25) is 5.91 Å². The monoisotopic (exact) mass is 375 g/mol. The largest absolute Gasteiger partial charge is 0.338 e. The Morgan fingerprint density at radius 3 is 2.82 bits per heavy atom. The first-order valence-corrected chi connectivity index (χ1v) is 10.3. The van der Waals surface area contributed by atoms with Crippen molar-refractivity contribution in [3.63, 3.8) is 0 Å². The van der Waals surface area contributed by atoms with Crippen molar-refractivity contribution in [3.8, 4) is 0 Å². The van der Waals surface area contributed by atoms with E-state index in [1.165, 1.54) is 0 Å². The molecule has 0 bridgehead atoms. The fourth-order valence-corrected chi connectivity index (χ4v) is 4.77. The van der Waals surface area contributed by atoms with Gasteiger partial charge in [-0.25, -0.2) is 4.98 Å². The summed E-state index contributed by atoms with van der Waals surface area (Å²) in [6.45, 7) is 1.44. The number of nitrogens with zero attached hydrogens (tertiary/aromatic N) is 2. The van der Waals surface area contributed by atoms with Gasteiger partial charge < -0.3 is 9.88 Å². The highest BCUT2D eigenvalue weighted by atomic mass is 16.2. The molecule has 2 aliphatic carbocycles. The molecule has 2 aromatic rings. The van der Waals surface area contributed by atoms with Crippen LogP contribution in [0.5, 0.6) is 0 Å². The first kappa shape index (κ1) is 17.4. The molecule has 28 heavy (non-hydrogen) atoms. The van der Waals surface area contributed by atoms with Gasteiger partial charge in [0.25, 0.3) is 5.56 Å². The predicted molar refractivity (Wildman–Crippen MR) is 108 cm³/mol. The lowest BCUT2D eigenvalue weighted by Gasteiger charge is -2.40. The number of piperidine rings is 1. The van der Waals surface area contributed by atoms with Gasteiger partial charge in [-0.15, -0.1) is 0 Å². The van der Waals surface area contributed by atoms with Gasteiger partial charge in [-0.1, -0.05) is 30.3 Å². The van der Waals surface area contributed by atoms with Crippen LogP contribution in [0.3, 0.4) is 0 Å². The van der Waals surface area contributed by atoms with Gasteiger partial charge in [-0.3, -0.25) is 9.59 Å². The highest BCUT2D eigenvalue weighted by Gasteiger charge is 2.46. The van der Waals surface area contributed by atoms with E-state index in [4.69, 9.17) is 4.98 Å². The summed E-state index contributed by atoms with van der Waals surface area (Å²) >= 11 is 0. The molecule has 1 amide bonds. The Hall–Kier alpha value is -2.69. The van der Waals surface area contributed by atoms with E-state index in [9.17, 15) is 9.59 Å². The highest BCUT2D eigenvalue weighted by Crippen LogP contribution is 2.45. The Morgan fingerprint density at radius 1 is 1.21 bits per heavy atom. The predicted octanol–water partition coefficient (Wildman–Crippen LogP) is 3.17. The quantitative estimate of drug-likeness (QED) is 0.838. The lowest BCUT2D eigenvalue weighted by Crippen LogP contribution is -2.47. The van der Waals surface area contributed by atoms with E-state index in [1.54, 1.807) is 6.08 Å². The number of rotatable bonds is 3. The van der Waals surface area contributed by atoms with E-state index in [0.29, 0.717) is 12.5 Å². The number of hydrogen-bond acceptors (Lipinski definition) is 3. The van der Waals surface area contributed by atoms with Crippen molar-refractivity contribution >= 4 is 12.0 Å². The van der Waals surface area contributed by atoms with Gasteiger partial charge >= 0.3 is 0 Å². The van der Waals surface area contributed by atoms with Crippen LogP contribution in [0.2, 0.25) is 0 Å². The molecule has 1 N–H and O–H groups in total. The lowest BCUT2D eigenvalue weighted by molar-refractivity contribution is -0.128. The molecule has 1 saturated carbocycles. The number of fused-ring (bicyclic) bond motifs is 2. The molecule has 0 radical (unpaired) electrons. The molecule has 2 heterocycles. The topological polar surface area (TPSA) is 66.1 Å². The Kier molecular flexibility index (Phi) is 4.18. The van der Waals surface area contributed by atoms with Crippen molar-refractivity contribution in [3.05, 3.63) is 69.4 Å².